The molecular formula is C13H18F3NO. The molecule has 0 saturated heterocycles. The van der Waals surface area contributed by atoms with Crippen LogP contribution >= 0.6 is 0 Å². The topological polar surface area (TPSA) is 23.5 Å². The highest BCUT2D eigenvalue weighted by Crippen LogP contribution is 2.31. The Hall–Kier alpha value is -1.23. The SMILES string of the molecule is CCN(CC(F)(F)F)C(C)c1ccc(C)cc1O. The van der Waals surface area contributed by atoms with E-state index in [1.807, 2.05) is 6.92 Å². The molecule has 18 heavy (non-hydrogen) atoms. The zero-order chi connectivity index (χ0) is 13.9. The van der Waals surface area contributed by atoms with Gasteiger partial charge in [-0.15, -0.1) is 0 Å². The Morgan fingerprint density at radius 3 is 2.39 bits per heavy atom. The number of rotatable bonds is 4. The molecule has 1 atom stereocenters. The number of benzene rings is 1. The van der Waals surface area contributed by atoms with Crippen LogP contribution in [0.25, 0.3) is 0 Å². The van der Waals surface area contributed by atoms with Gasteiger partial charge in [0.2, 0.25) is 0 Å². The number of phenols is 1. The highest BCUT2D eigenvalue weighted by Gasteiger charge is 2.32. The van der Waals surface area contributed by atoms with E-state index in [1.54, 1.807) is 32.0 Å². The Kier molecular flexibility index (Phi) is 4.62. The van der Waals surface area contributed by atoms with Crippen LogP contribution in [-0.4, -0.2) is 29.3 Å². The number of aromatic hydroxyl groups is 1. The third kappa shape index (κ3) is 3.91. The molecule has 0 aromatic heterocycles. The Bertz CT molecular complexity index is 404. The molecule has 0 aliphatic rings. The van der Waals surface area contributed by atoms with Gasteiger partial charge in [0.05, 0.1) is 6.54 Å². The first-order valence-electron chi connectivity index (χ1n) is 5.85. The molecule has 1 rings (SSSR count). The van der Waals surface area contributed by atoms with Crippen molar-refractivity contribution in [2.24, 2.45) is 0 Å². The standard InChI is InChI=1S/C13H18F3NO/c1-4-17(8-13(14,15)16)10(3)11-6-5-9(2)7-12(11)18/h5-7,10,18H,4,8H2,1-3H3. The second kappa shape index (κ2) is 5.61. The molecule has 1 unspecified atom stereocenters. The highest BCUT2D eigenvalue weighted by atomic mass is 19.4. The fourth-order valence-corrected chi connectivity index (χ4v) is 1.96. The molecule has 102 valence electrons. The molecule has 5 heteroatoms. The van der Waals surface area contributed by atoms with Crippen molar-refractivity contribution in [2.75, 3.05) is 13.1 Å². The molecule has 0 bridgehead atoms. The molecule has 2 nitrogen and oxygen atoms in total. The average Bonchev–Trinajstić information content (AvgIpc) is 2.24. The minimum Gasteiger partial charge on any atom is -0.508 e. The van der Waals surface area contributed by atoms with Gasteiger partial charge in [0.1, 0.15) is 5.75 Å². The lowest BCUT2D eigenvalue weighted by atomic mass is 10.0. The number of phenolic OH excluding ortho intramolecular Hbond substituents is 1. The third-order valence-corrected chi connectivity index (χ3v) is 2.97. The Morgan fingerprint density at radius 1 is 1.33 bits per heavy atom. The largest absolute Gasteiger partial charge is 0.508 e. The summed E-state index contributed by atoms with van der Waals surface area (Å²) < 4.78 is 37.3. The Labute approximate surface area is 105 Å². The molecule has 1 aromatic carbocycles. The van der Waals surface area contributed by atoms with E-state index < -0.39 is 18.8 Å². The molecule has 0 aliphatic heterocycles. The van der Waals surface area contributed by atoms with Crippen molar-refractivity contribution >= 4 is 0 Å². The first kappa shape index (κ1) is 14.8. The zero-order valence-corrected chi connectivity index (χ0v) is 10.8. The molecule has 0 heterocycles. The first-order valence-corrected chi connectivity index (χ1v) is 5.85. The van der Waals surface area contributed by atoms with Crippen LogP contribution in [0.3, 0.4) is 0 Å². The molecule has 0 radical (unpaired) electrons. The smallest absolute Gasteiger partial charge is 0.401 e. The molecular weight excluding hydrogens is 243 g/mol. The summed E-state index contributed by atoms with van der Waals surface area (Å²) in [6.07, 6.45) is -4.23. The van der Waals surface area contributed by atoms with Crippen molar-refractivity contribution in [3.8, 4) is 5.75 Å². The van der Waals surface area contributed by atoms with Crippen LogP contribution < -0.4 is 0 Å². The van der Waals surface area contributed by atoms with E-state index in [2.05, 4.69) is 0 Å². The quantitative estimate of drug-likeness (QED) is 0.894. The van der Waals surface area contributed by atoms with E-state index in [4.69, 9.17) is 0 Å². The average molecular weight is 261 g/mol. The summed E-state index contributed by atoms with van der Waals surface area (Å²) in [6.45, 7) is 4.46. The number of alkyl halides is 3. The summed E-state index contributed by atoms with van der Waals surface area (Å²) in [5, 5.41) is 9.80. The van der Waals surface area contributed by atoms with Crippen molar-refractivity contribution in [2.45, 2.75) is 33.0 Å². The maximum atomic E-state index is 12.4. The van der Waals surface area contributed by atoms with E-state index in [1.165, 1.54) is 4.90 Å². The van der Waals surface area contributed by atoms with Crippen molar-refractivity contribution in [3.63, 3.8) is 0 Å². The van der Waals surface area contributed by atoms with Gasteiger partial charge in [0, 0.05) is 11.6 Å². The molecule has 0 fully saturated rings. The van der Waals surface area contributed by atoms with E-state index in [9.17, 15) is 18.3 Å². The summed E-state index contributed by atoms with van der Waals surface area (Å²) in [6, 6.07) is 4.55. The third-order valence-electron chi connectivity index (χ3n) is 2.97. The predicted molar refractivity (Wildman–Crippen MR) is 64.6 cm³/mol. The van der Waals surface area contributed by atoms with Crippen LogP contribution in [0.5, 0.6) is 5.75 Å². The van der Waals surface area contributed by atoms with E-state index in [0.717, 1.165) is 5.56 Å². The van der Waals surface area contributed by atoms with Crippen LogP contribution in [0.2, 0.25) is 0 Å². The lowest BCUT2D eigenvalue weighted by molar-refractivity contribution is -0.150. The first-order chi connectivity index (χ1) is 8.24. The molecule has 1 N–H and O–H groups in total. The summed E-state index contributed by atoms with van der Waals surface area (Å²) in [5.41, 5.74) is 1.40. The van der Waals surface area contributed by atoms with Gasteiger partial charge in [-0.2, -0.15) is 13.2 Å². The molecule has 0 aliphatic carbocycles. The van der Waals surface area contributed by atoms with Crippen molar-refractivity contribution in [1.29, 1.82) is 0 Å². The van der Waals surface area contributed by atoms with Gasteiger partial charge in [-0.05, 0) is 32.0 Å². The van der Waals surface area contributed by atoms with E-state index >= 15 is 0 Å². The number of hydrogen-bond acceptors (Lipinski definition) is 2. The number of hydrogen-bond donors (Lipinski definition) is 1. The second-order valence-corrected chi connectivity index (χ2v) is 4.42. The molecule has 0 amide bonds. The van der Waals surface area contributed by atoms with Gasteiger partial charge in [-0.1, -0.05) is 19.1 Å². The highest BCUT2D eigenvalue weighted by molar-refractivity contribution is 5.37. The number of nitrogens with zero attached hydrogens (tertiary/aromatic N) is 1. The lowest BCUT2D eigenvalue weighted by Crippen LogP contribution is -2.36. The van der Waals surface area contributed by atoms with Gasteiger partial charge in [-0.3, -0.25) is 4.90 Å². The Balaban J connectivity index is 2.93. The van der Waals surface area contributed by atoms with Gasteiger partial charge in [0.15, 0.2) is 0 Å². The van der Waals surface area contributed by atoms with Gasteiger partial charge in [0.25, 0.3) is 0 Å². The van der Waals surface area contributed by atoms with Gasteiger partial charge >= 0.3 is 6.18 Å². The number of halogens is 3. The van der Waals surface area contributed by atoms with Crippen LogP contribution in [-0.2, 0) is 0 Å². The summed E-state index contributed by atoms with van der Waals surface area (Å²) in [5.74, 6) is 0.0446. The van der Waals surface area contributed by atoms with Crippen molar-refractivity contribution in [1.82, 2.24) is 4.90 Å². The Morgan fingerprint density at radius 2 is 1.94 bits per heavy atom. The van der Waals surface area contributed by atoms with Crippen molar-refractivity contribution in [3.05, 3.63) is 29.3 Å². The molecule has 0 spiro atoms. The number of aryl methyl sites for hydroxylation is 1. The van der Waals surface area contributed by atoms with Gasteiger partial charge in [-0.25, -0.2) is 0 Å². The maximum absolute atomic E-state index is 12.4. The van der Waals surface area contributed by atoms with Crippen molar-refractivity contribution < 1.29 is 18.3 Å². The maximum Gasteiger partial charge on any atom is 0.401 e. The fourth-order valence-electron chi connectivity index (χ4n) is 1.96. The normalized spacial score (nSPS) is 13.9. The van der Waals surface area contributed by atoms with Crippen LogP contribution in [0.4, 0.5) is 13.2 Å². The fraction of sp³-hybridized carbons (Fsp3) is 0.538. The van der Waals surface area contributed by atoms with E-state index in [0.29, 0.717) is 5.56 Å². The summed E-state index contributed by atoms with van der Waals surface area (Å²) in [4.78, 5) is 1.28. The van der Waals surface area contributed by atoms with E-state index in [-0.39, 0.29) is 12.3 Å². The minimum atomic E-state index is -4.23. The minimum absolute atomic E-state index is 0.0446. The lowest BCUT2D eigenvalue weighted by Gasteiger charge is -2.29. The monoisotopic (exact) mass is 261 g/mol. The van der Waals surface area contributed by atoms with Crippen LogP contribution in [0.1, 0.15) is 31.0 Å². The summed E-state index contributed by atoms with van der Waals surface area (Å²) in [7, 11) is 0. The second-order valence-electron chi connectivity index (χ2n) is 4.42. The van der Waals surface area contributed by atoms with Gasteiger partial charge < -0.3 is 5.11 Å². The predicted octanol–water partition coefficient (Wildman–Crippen LogP) is 3.65. The molecule has 1 aromatic rings. The van der Waals surface area contributed by atoms with Crippen LogP contribution in [0.15, 0.2) is 18.2 Å². The molecule has 0 saturated carbocycles. The summed E-state index contributed by atoms with van der Waals surface area (Å²) >= 11 is 0. The van der Waals surface area contributed by atoms with Crippen LogP contribution in [0, 0.1) is 6.92 Å². The zero-order valence-electron chi connectivity index (χ0n) is 10.8.